The number of carbonyl (C=O) groups is 1. The summed E-state index contributed by atoms with van der Waals surface area (Å²) in [5.41, 5.74) is 2.15. The molecule has 0 saturated heterocycles. The fourth-order valence-electron chi connectivity index (χ4n) is 2.96. The molecule has 156 valence electrons. The lowest BCUT2D eigenvalue weighted by molar-refractivity contribution is 0.0995. The molecule has 0 fully saturated rings. The molecule has 0 bridgehead atoms. The summed E-state index contributed by atoms with van der Waals surface area (Å²) in [6.07, 6.45) is 0. The number of halogens is 1. The summed E-state index contributed by atoms with van der Waals surface area (Å²) >= 11 is 5.87. The first-order valence-electron chi connectivity index (χ1n) is 9.35. The molecular weight excluding hydrogens is 418 g/mol. The number of methoxy groups -OCH3 is 1. The summed E-state index contributed by atoms with van der Waals surface area (Å²) in [6, 6.07) is 19.2. The topological polar surface area (TPSA) is 96.3 Å². The van der Waals surface area contributed by atoms with Crippen molar-refractivity contribution < 1.29 is 19.4 Å². The van der Waals surface area contributed by atoms with Crippen LogP contribution in [0.5, 0.6) is 17.4 Å². The average molecular weight is 436 g/mol. The number of carbonyl (C=O) groups excluding carboxylic acids is 1. The number of hydrogen-bond acceptors (Lipinski definition) is 5. The maximum Gasteiger partial charge on any atom is 0.295 e. The summed E-state index contributed by atoms with van der Waals surface area (Å²) < 4.78 is 10.9. The molecule has 3 aromatic carbocycles. The molecule has 0 spiro atoms. The van der Waals surface area contributed by atoms with Gasteiger partial charge in [0, 0.05) is 16.0 Å². The Hall–Kier alpha value is -3.84. The number of aromatic amines is 1. The largest absolute Gasteiger partial charge is 0.497 e. The van der Waals surface area contributed by atoms with Crippen molar-refractivity contribution in [2.45, 2.75) is 6.61 Å². The zero-order valence-electron chi connectivity index (χ0n) is 16.5. The molecule has 31 heavy (non-hydrogen) atoms. The maximum absolute atomic E-state index is 12.4. The SMILES string of the molecule is COc1ccc2[nH]c(O)c(N=NC(=O)c3ccc(OCc4ccc(Cl)cc4)cc3)c2c1. The normalized spacial score (nSPS) is 11.2. The number of aromatic hydroxyl groups is 1. The zero-order valence-corrected chi connectivity index (χ0v) is 17.3. The first-order valence-corrected chi connectivity index (χ1v) is 9.73. The Kier molecular flexibility index (Phi) is 5.86. The van der Waals surface area contributed by atoms with Crippen molar-refractivity contribution in [2.75, 3.05) is 7.11 Å². The molecular formula is C23H18ClN3O4. The first-order chi connectivity index (χ1) is 15.0. The van der Waals surface area contributed by atoms with Crippen molar-refractivity contribution in [1.82, 2.24) is 4.98 Å². The highest BCUT2D eigenvalue weighted by Crippen LogP contribution is 2.37. The minimum atomic E-state index is -0.541. The van der Waals surface area contributed by atoms with Crippen molar-refractivity contribution in [3.8, 4) is 17.4 Å². The highest BCUT2D eigenvalue weighted by Gasteiger charge is 2.13. The fourth-order valence-corrected chi connectivity index (χ4v) is 3.09. The van der Waals surface area contributed by atoms with Gasteiger partial charge in [-0.15, -0.1) is 10.2 Å². The molecule has 1 aromatic heterocycles. The van der Waals surface area contributed by atoms with Crippen LogP contribution in [0.3, 0.4) is 0 Å². The molecule has 4 rings (SSSR count). The van der Waals surface area contributed by atoms with Gasteiger partial charge in [0.25, 0.3) is 5.91 Å². The molecule has 2 N–H and O–H groups in total. The molecule has 8 heteroatoms. The van der Waals surface area contributed by atoms with E-state index in [2.05, 4.69) is 15.2 Å². The number of nitrogens with one attached hydrogen (secondary N) is 1. The van der Waals surface area contributed by atoms with Gasteiger partial charge in [-0.25, -0.2) is 0 Å². The summed E-state index contributed by atoms with van der Waals surface area (Å²) in [5, 5.41) is 19.1. The lowest BCUT2D eigenvalue weighted by Gasteiger charge is -2.06. The van der Waals surface area contributed by atoms with Crippen molar-refractivity contribution in [2.24, 2.45) is 10.2 Å². The van der Waals surface area contributed by atoms with Crippen LogP contribution in [0.25, 0.3) is 10.9 Å². The molecule has 7 nitrogen and oxygen atoms in total. The summed E-state index contributed by atoms with van der Waals surface area (Å²) in [5.74, 6) is 0.500. The number of ether oxygens (including phenoxy) is 2. The highest BCUT2D eigenvalue weighted by molar-refractivity contribution is 6.30. The van der Waals surface area contributed by atoms with Crippen LogP contribution in [-0.2, 0) is 6.61 Å². The van der Waals surface area contributed by atoms with Gasteiger partial charge >= 0.3 is 0 Å². The third-order valence-corrected chi connectivity index (χ3v) is 4.87. The van der Waals surface area contributed by atoms with Crippen LogP contribution >= 0.6 is 11.6 Å². The van der Waals surface area contributed by atoms with Crippen molar-refractivity contribution in [3.05, 3.63) is 82.9 Å². The van der Waals surface area contributed by atoms with Gasteiger partial charge in [-0.05, 0) is 60.2 Å². The molecule has 0 aliphatic heterocycles. The van der Waals surface area contributed by atoms with E-state index in [0.717, 1.165) is 5.56 Å². The van der Waals surface area contributed by atoms with Crippen LogP contribution in [0, 0.1) is 0 Å². The highest BCUT2D eigenvalue weighted by atomic mass is 35.5. The summed E-state index contributed by atoms with van der Waals surface area (Å²) in [7, 11) is 1.54. The number of rotatable bonds is 6. The molecule has 0 aliphatic rings. The van der Waals surface area contributed by atoms with Gasteiger partial charge in [-0.3, -0.25) is 4.79 Å². The third-order valence-electron chi connectivity index (χ3n) is 4.62. The van der Waals surface area contributed by atoms with Gasteiger partial charge in [-0.2, -0.15) is 0 Å². The van der Waals surface area contributed by atoms with Gasteiger partial charge in [0.2, 0.25) is 5.88 Å². The van der Waals surface area contributed by atoms with E-state index in [0.29, 0.717) is 39.6 Å². The number of azo groups is 1. The Labute approximate surface area is 182 Å². The molecule has 0 aliphatic carbocycles. The number of nitrogens with zero attached hydrogens (tertiary/aromatic N) is 2. The van der Waals surface area contributed by atoms with Gasteiger partial charge in [0.1, 0.15) is 18.1 Å². The number of fused-ring (bicyclic) bond motifs is 1. The molecule has 4 aromatic rings. The molecule has 0 radical (unpaired) electrons. The van der Waals surface area contributed by atoms with Gasteiger partial charge in [0.15, 0.2) is 5.69 Å². The van der Waals surface area contributed by atoms with Crippen molar-refractivity contribution in [3.63, 3.8) is 0 Å². The predicted molar refractivity (Wildman–Crippen MR) is 118 cm³/mol. The fraction of sp³-hybridized carbons (Fsp3) is 0.0870. The van der Waals surface area contributed by atoms with Crippen LogP contribution in [0.1, 0.15) is 15.9 Å². The van der Waals surface area contributed by atoms with Crippen LogP contribution in [0.4, 0.5) is 5.69 Å². The average Bonchev–Trinajstić information content (AvgIpc) is 3.11. The Morgan fingerprint density at radius 2 is 1.74 bits per heavy atom. The first kappa shape index (κ1) is 20.4. The lowest BCUT2D eigenvalue weighted by atomic mass is 10.2. The van der Waals surface area contributed by atoms with E-state index in [1.54, 1.807) is 61.7 Å². The standard InChI is InChI=1S/C23H18ClN3O4/c1-30-18-10-11-20-19(12-18)21(23(29)25-20)26-27-22(28)15-4-8-17(9-5-15)31-13-14-2-6-16(24)7-3-14/h2-12,25,29H,13H2,1H3. The maximum atomic E-state index is 12.4. The second kappa shape index (κ2) is 8.89. The van der Waals surface area contributed by atoms with Crippen LogP contribution < -0.4 is 9.47 Å². The molecule has 1 heterocycles. The molecule has 0 saturated carbocycles. The Morgan fingerprint density at radius 1 is 1.03 bits per heavy atom. The smallest absolute Gasteiger partial charge is 0.295 e. The van der Waals surface area contributed by atoms with E-state index >= 15 is 0 Å². The van der Waals surface area contributed by atoms with Crippen molar-refractivity contribution >= 4 is 34.1 Å². The summed E-state index contributed by atoms with van der Waals surface area (Å²) in [6.45, 7) is 0.382. The van der Waals surface area contributed by atoms with Gasteiger partial charge in [-0.1, -0.05) is 23.7 Å². The number of hydrogen-bond donors (Lipinski definition) is 2. The number of amides is 1. The Balaban J connectivity index is 1.45. The quantitative estimate of drug-likeness (QED) is 0.361. The summed E-state index contributed by atoms with van der Waals surface area (Å²) in [4.78, 5) is 15.2. The number of benzene rings is 3. The van der Waals surface area contributed by atoms with E-state index in [4.69, 9.17) is 21.1 Å². The lowest BCUT2D eigenvalue weighted by Crippen LogP contribution is -1.97. The predicted octanol–water partition coefficient (Wildman–Crippen LogP) is 6.04. The van der Waals surface area contributed by atoms with Crippen molar-refractivity contribution in [1.29, 1.82) is 0 Å². The number of H-pyrrole nitrogens is 1. The van der Waals surface area contributed by atoms with Gasteiger partial charge in [0.05, 0.1) is 12.6 Å². The van der Waals surface area contributed by atoms with Crippen LogP contribution in [-0.4, -0.2) is 23.1 Å². The van der Waals surface area contributed by atoms with E-state index in [1.165, 1.54) is 0 Å². The molecule has 0 atom stereocenters. The molecule has 0 unspecified atom stereocenters. The molecule has 1 amide bonds. The van der Waals surface area contributed by atoms with E-state index < -0.39 is 5.91 Å². The Morgan fingerprint density at radius 3 is 2.45 bits per heavy atom. The second-order valence-corrected chi connectivity index (χ2v) is 7.11. The number of aromatic nitrogens is 1. The van der Waals surface area contributed by atoms with E-state index in [1.807, 2.05) is 12.1 Å². The third kappa shape index (κ3) is 4.67. The van der Waals surface area contributed by atoms with E-state index in [-0.39, 0.29) is 11.6 Å². The minimum absolute atomic E-state index is 0.171. The second-order valence-electron chi connectivity index (χ2n) is 6.68. The Bertz CT molecular complexity index is 1250. The minimum Gasteiger partial charge on any atom is -0.497 e. The van der Waals surface area contributed by atoms with Gasteiger partial charge < -0.3 is 19.6 Å². The zero-order chi connectivity index (χ0) is 21.8. The van der Waals surface area contributed by atoms with E-state index in [9.17, 15) is 9.90 Å². The monoisotopic (exact) mass is 435 g/mol. The van der Waals surface area contributed by atoms with Crippen LogP contribution in [0.2, 0.25) is 5.02 Å². The van der Waals surface area contributed by atoms with Crippen LogP contribution in [0.15, 0.2) is 77.0 Å².